The molecule has 1 rings (SSSR count). The zero-order valence-corrected chi connectivity index (χ0v) is 12.4. The fourth-order valence-electron chi connectivity index (χ4n) is 1.44. The van der Waals surface area contributed by atoms with Crippen LogP contribution in [0.4, 0.5) is 0 Å². The molecule has 1 aromatic rings. The van der Waals surface area contributed by atoms with Crippen molar-refractivity contribution in [2.24, 2.45) is 0 Å². The van der Waals surface area contributed by atoms with Crippen LogP contribution in [0.25, 0.3) is 0 Å². The van der Waals surface area contributed by atoms with Gasteiger partial charge in [-0.05, 0) is 25.2 Å². The zero-order valence-electron chi connectivity index (χ0n) is 10.8. The fraction of sp³-hybridized carbons (Fsp3) is 0.385. The Morgan fingerprint density at radius 1 is 1.16 bits per heavy atom. The number of hydrogen-bond acceptors (Lipinski definition) is 3. The van der Waals surface area contributed by atoms with Crippen molar-refractivity contribution in [3.63, 3.8) is 0 Å². The van der Waals surface area contributed by atoms with E-state index in [1.54, 1.807) is 25.2 Å². The van der Waals surface area contributed by atoms with Crippen LogP contribution in [0.2, 0.25) is 0 Å². The molecule has 6 heteroatoms. The van der Waals surface area contributed by atoms with Gasteiger partial charge in [-0.2, -0.15) is 0 Å². The van der Waals surface area contributed by atoms with E-state index in [0.29, 0.717) is 31.6 Å². The molecule has 0 atom stereocenters. The van der Waals surface area contributed by atoms with Crippen molar-refractivity contribution in [1.29, 1.82) is 0 Å². The van der Waals surface area contributed by atoms with E-state index in [9.17, 15) is 9.59 Å². The number of benzene rings is 1. The number of carbonyl (C=O) groups excluding carboxylic acids is 2. The molecule has 1 aromatic carbocycles. The number of carbonyl (C=O) groups is 2. The zero-order chi connectivity index (χ0) is 14.1. The second-order valence-corrected chi connectivity index (χ2v) is 4.89. The van der Waals surface area contributed by atoms with Gasteiger partial charge in [0.05, 0.1) is 0 Å². The van der Waals surface area contributed by atoms with Crippen molar-refractivity contribution in [1.82, 2.24) is 16.0 Å². The van der Waals surface area contributed by atoms with Crippen molar-refractivity contribution in [2.75, 3.05) is 26.7 Å². The van der Waals surface area contributed by atoms with Gasteiger partial charge in [-0.25, -0.2) is 0 Å². The lowest BCUT2D eigenvalue weighted by atomic mass is 10.2. The Balaban J connectivity index is 2.22. The van der Waals surface area contributed by atoms with Crippen LogP contribution in [0.3, 0.4) is 0 Å². The molecule has 0 aromatic heterocycles. The molecule has 0 saturated carbocycles. The van der Waals surface area contributed by atoms with E-state index >= 15 is 0 Å². The summed E-state index contributed by atoms with van der Waals surface area (Å²) in [5, 5.41) is 8.38. The van der Waals surface area contributed by atoms with Crippen molar-refractivity contribution < 1.29 is 9.59 Å². The average Bonchev–Trinajstić information content (AvgIpc) is 2.41. The summed E-state index contributed by atoms with van der Waals surface area (Å²) in [5.74, 6) is -0.170. The predicted molar refractivity (Wildman–Crippen MR) is 78.0 cm³/mol. The Morgan fingerprint density at radius 3 is 2.58 bits per heavy atom. The van der Waals surface area contributed by atoms with E-state index < -0.39 is 0 Å². The SMILES string of the molecule is CNCCC(=O)NCCNC(=O)c1cccc(Br)c1. The maximum absolute atomic E-state index is 11.8. The first-order valence-corrected chi connectivity index (χ1v) is 6.88. The summed E-state index contributed by atoms with van der Waals surface area (Å²) in [6.07, 6.45) is 0.441. The number of halogens is 1. The summed E-state index contributed by atoms with van der Waals surface area (Å²) in [6, 6.07) is 7.16. The van der Waals surface area contributed by atoms with Crippen LogP contribution in [0.15, 0.2) is 28.7 Å². The van der Waals surface area contributed by atoms with E-state index in [1.807, 2.05) is 6.07 Å². The van der Waals surface area contributed by atoms with Crippen molar-refractivity contribution in [2.45, 2.75) is 6.42 Å². The lowest BCUT2D eigenvalue weighted by Crippen LogP contribution is -2.35. The minimum Gasteiger partial charge on any atom is -0.354 e. The van der Waals surface area contributed by atoms with Gasteiger partial charge in [0.1, 0.15) is 0 Å². The molecule has 2 amide bonds. The Kier molecular flexibility index (Phi) is 7.14. The summed E-state index contributed by atoms with van der Waals surface area (Å²) in [5.41, 5.74) is 0.593. The van der Waals surface area contributed by atoms with Gasteiger partial charge in [0.25, 0.3) is 5.91 Å². The molecular formula is C13H18BrN3O2. The third-order valence-corrected chi connectivity index (χ3v) is 2.91. The molecule has 0 fully saturated rings. The maximum Gasteiger partial charge on any atom is 0.251 e. The average molecular weight is 328 g/mol. The van der Waals surface area contributed by atoms with Gasteiger partial charge >= 0.3 is 0 Å². The normalized spacial score (nSPS) is 10.0. The molecule has 5 nitrogen and oxygen atoms in total. The number of hydrogen-bond donors (Lipinski definition) is 3. The minimum atomic E-state index is -0.147. The van der Waals surface area contributed by atoms with Gasteiger partial charge in [-0.1, -0.05) is 22.0 Å². The molecular weight excluding hydrogens is 310 g/mol. The van der Waals surface area contributed by atoms with Gasteiger partial charge < -0.3 is 16.0 Å². The molecule has 104 valence electrons. The molecule has 0 unspecified atom stereocenters. The number of amides is 2. The molecule has 0 heterocycles. The van der Waals surface area contributed by atoms with Crippen molar-refractivity contribution >= 4 is 27.7 Å². The van der Waals surface area contributed by atoms with Crippen LogP contribution in [-0.2, 0) is 4.79 Å². The minimum absolute atomic E-state index is 0.0222. The van der Waals surface area contributed by atoms with Gasteiger partial charge in [0.2, 0.25) is 5.91 Å². The Bertz CT molecular complexity index is 438. The standard InChI is InChI=1S/C13H18BrN3O2/c1-15-6-5-12(18)16-7-8-17-13(19)10-3-2-4-11(14)9-10/h2-4,9,15H,5-8H2,1H3,(H,16,18)(H,17,19). The predicted octanol–water partition coefficient (Wildman–Crippen LogP) is 0.905. The van der Waals surface area contributed by atoms with Crippen LogP contribution in [0, 0.1) is 0 Å². The van der Waals surface area contributed by atoms with Crippen LogP contribution in [0.5, 0.6) is 0 Å². The molecule has 0 radical (unpaired) electrons. The highest BCUT2D eigenvalue weighted by Gasteiger charge is 2.05. The first-order chi connectivity index (χ1) is 9.13. The van der Waals surface area contributed by atoms with Crippen molar-refractivity contribution in [3.05, 3.63) is 34.3 Å². The maximum atomic E-state index is 11.8. The molecule has 0 saturated heterocycles. The van der Waals surface area contributed by atoms with Gasteiger partial charge in [-0.3, -0.25) is 9.59 Å². The summed E-state index contributed by atoms with van der Waals surface area (Å²) in [6.45, 7) is 1.50. The third-order valence-electron chi connectivity index (χ3n) is 2.42. The van der Waals surface area contributed by atoms with E-state index in [2.05, 4.69) is 31.9 Å². The summed E-state index contributed by atoms with van der Waals surface area (Å²) in [7, 11) is 1.80. The van der Waals surface area contributed by atoms with Crippen molar-refractivity contribution in [3.8, 4) is 0 Å². The van der Waals surface area contributed by atoms with E-state index in [0.717, 1.165) is 4.47 Å². The molecule has 0 aliphatic carbocycles. The topological polar surface area (TPSA) is 70.2 Å². The highest BCUT2D eigenvalue weighted by Crippen LogP contribution is 2.11. The summed E-state index contributed by atoms with van der Waals surface area (Å²) >= 11 is 3.31. The monoisotopic (exact) mass is 327 g/mol. The van der Waals surface area contributed by atoms with Crippen LogP contribution < -0.4 is 16.0 Å². The molecule has 0 spiro atoms. The smallest absolute Gasteiger partial charge is 0.251 e. The first kappa shape index (κ1) is 15.7. The largest absolute Gasteiger partial charge is 0.354 e. The second kappa shape index (κ2) is 8.66. The Morgan fingerprint density at radius 2 is 1.89 bits per heavy atom. The highest BCUT2D eigenvalue weighted by atomic mass is 79.9. The quantitative estimate of drug-likeness (QED) is 0.652. The second-order valence-electron chi connectivity index (χ2n) is 3.97. The number of nitrogens with one attached hydrogen (secondary N) is 3. The fourth-order valence-corrected chi connectivity index (χ4v) is 1.84. The van der Waals surface area contributed by atoms with Crippen LogP contribution in [0.1, 0.15) is 16.8 Å². The first-order valence-electron chi connectivity index (χ1n) is 6.08. The van der Waals surface area contributed by atoms with Gasteiger partial charge in [0.15, 0.2) is 0 Å². The Labute approximate surface area is 121 Å². The molecule has 0 aliphatic rings. The van der Waals surface area contributed by atoms with Gasteiger partial charge in [-0.15, -0.1) is 0 Å². The molecule has 0 bridgehead atoms. The lowest BCUT2D eigenvalue weighted by Gasteiger charge is -2.07. The summed E-state index contributed by atoms with van der Waals surface area (Å²) < 4.78 is 0.862. The van der Waals surface area contributed by atoms with E-state index in [4.69, 9.17) is 0 Å². The number of rotatable bonds is 7. The molecule has 0 aliphatic heterocycles. The Hall–Kier alpha value is -1.40. The van der Waals surface area contributed by atoms with E-state index in [-0.39, 0.29) is 11.8 Å². The van der Waals surface area contributed by atoms with Gasteiger partial charge in [0, 0.05) is 36.1 Å². The highest BCUT2D eigenvalue weighted by molar-refractivity contribution is 9.10. The van der Waals surface area contributed by atoms with Crippen LogP contribution >= 0.6 is 15.9 Å². The summed E-state index contributed by atoms with van der Waals surface area (Å²) in [4.78, 5) is 23.1. The van der Waals surface area contributed by atoms with E-state index in [1.165, 1.54) is 0 Å². The molecule has 3 N–H and O–H groups in total. The lowest BCUT2D eigenvalue weighted by molar-refractivity contribution is -0.120. The van der Waals surface area contributed by atoms with Crippen LogP contribution in [-0.4, -0.2) is 38.5 Å². The molecule has 19 heavy (non-hydrogen) atoms. The third kappa shape index (κ3) is 6.35.